The van der Waals surface area contributed by atoms with E-state index in [0.717, 1.165) is 6.42 Å². The van der Waals surface area contributed by atoms with Gasteiger partial charge in [0.1, 0.15) is 0 Å². The van der Waals surface area contributed by atoms with Crippen LogP contribution in [0, 0.1) is 17.3 Å². The lowest BCUT2D eigenvalue weighted by molar-refractivity contribution is 0.108. The third-order valence-electron chi connectivity index (χ3n) is 3.66. The first-order chi connectivity index (χ1) is 5.97. The van der Waals surface area contributed by atoms with E-state index in [0.29, 0.717) is 17.3 Å². The first kappa shape index (κ1) is 10.8. The second kappa shape index (κ2) is 3.83. The van der Waals surface area contributed by atoms with Crippen LogP contribution in [-0.4, -0.2) is 11.2 Å². The Morgan fingerprint density at radius 2 is 2.00 bits per heavy atom. The average molecular weight is 182 g/mol. The zero-order valence-electron chi connectivity index (χ0n) is 9.25. The van der Waals surface area contributed by atoms with Crippen LogP contribution in [0.25, 0.3) is 0 Å². The largest absolute Gasteiger partial charge is 0.389 e. The fourth-order valence-corrected chi connectivity index (χ4v) is 1.90. The lowest BCUT2D eigenvalue weighted by Crippen LogP contribution is -2.30. The standard InChI is InChI=1S/C12H22O/c1-5-12(3,4)10-6-7-11(13)9(2)8-10/h6-7,9-11,13H,5,8H2,1-4H3/t9?,10-,11+/m0/s1. The van der Waals surface area contributed by atoms with Crippen molar-refractivity contribution in [1.82, 2.24) is 0 Å². The van der Waals surface area contributed by atoms with Gasteiger partial charge < -0.3 is 5.11 Å². The van der Waals surface area contributed by atoms with E-state index in [1.807, 2.05) is 6.08 Å². The van der Waals surface area contributed by atoms with Gasteiger partial charge in [-0.3, -0.25) is 0 Å². The molecule has 0 aromatic heterocycles. The zero-order valence-corrected chi connectivity index (χ0v) is 9.25. The Bertz CT molecular complexity index is 193. The molecule has 1 aliphatic carbocycles. The Labute approximate surface area is 81.9 Å². The Morgan fingerprint density at radius 3 is 2.46 bits per heavy atom. The van der Waals surface area contributed by atoms with Crippen LogP contribution < -0.4 is 0 Å². The maximum absolute atomic E-state index is 9.55. The number of rotatable bonds is 2. The molecular weight excluding hydrogens is 160 g/mol. The molecule has 1 rings (SSSR count). The van der Waals surface area contributed by atoms with Crippen LogP contribution in [0.2, 0.25) is 0 Å². The van der Waals surface area contributed by atoms with Crippen LogP contribution in [0.15, 0.2) is 12.2 Å². The molecule has 0 bridgehead atoms. The van der Waals surface area contributed by atoms with Crippen LogP contribution in [0.1, 0.15) is 40.5 Å². The summed E-state index contributed by atoms with van der Waals surface area (Å²) < 4.78 is 0. The normalized spacial score (nSPS) is 35.0. The van der Waals surface area contributed by atoms with Crippen LogP contribution in [0.5, 0.6) is 0 Å². The molecule has 1 nitrogen and oxygen atoms in total. The van der Waals surface area contributed by atoms with Crippen LogP contribution in [0.4, 0.5) is 0 Å². The molecule has 0 heterocycles. The van der Waals surface area contributed by atoms with Crippen LogP contribution in [0.3, 0.4) is 0 Å². The van der Waals surface area contributed by atoms with Gasteiger partial charge in [-0.2, -0.15) is 0 Å². The van der Waals surface area contributed by atoms with Crippen molar-refractivity contribution in [1.29, 1.82) is 0 Å². The fraction of sp³-hybridized carbons (Fsp3) is 0.833. The lowest BCUT2D eigenvalue weighted by atomic mass is 9.70. The number of aliphatic hydroxyl groups excluding tert-OH is 1. The van der Waals surface area contributed by atoms with Crippen molar-refractivity contribution in [3.8, 4) is 0 Å². The Hall–Kier alpha value is -0.300. The predicted octanol–water partition coefficient (Wildman–Crippen LogP) is 3.00. The molecular formula is C12H22O. The minimum Gasteiger partial charge on any atom is -0.389 e. The fourth-order valence-electron chi connectivity index (χ4n) is 1.90. The van der Waals surface area contributed by atoms with E-state index >= 15 is 0 Å². The number of hydrogen-bond acceptors (Lipinski definition) is 1. The lowest BCUT2D eigenvalue weighted by Gasteiger charge is -2.36. The quantitative estimate of drug-likeness (QED) is 0.651. The zero-order chi connectivity index (χ0) is 10.1. The highest BCUT2D eigenvalue weighted by molar-refractivity contribution is 5.04. The first-order valence-corrected chi connectivity index (χ1v) is 5.33. The van der Waals surface area contributed by atoms with Crippen LogP contribution >= 0.6 is 0 Å². The van der Waals surface area contributed by atoms with E-state index in [1.54, 1.807) is 0 Å². The third kappa shape index (κ3) is 2.34. The molecule has 1 heteroatoms. The van der Waals surface area contributed by atoms with Gasteiger partial charge in [0.2, 0.25) is 0 Å². The maximum Gasteiger partial charge on any atom is 0.0746 e. The van der Waals surface area contributed by atoms with E-state index in [9.17, 15) is 5.11 Å². The molecule has 0 aromatic carbocycles. The summed E-state index contributed by atoms with van der Waals surface area (Å²) in [5.41, 5.74) is 0.380. The summed E-state index contributed by atoms with van der Waals surface area (Å²) >= 11 is 0. The summed E-state index contributed by atoms with van der Waals surface area (Å²) in [6.45, 7) is 9.00. The predicted molar refractivity (Wildman–Crippen MR) is 56.5 cm³/mol. The molecule has 0 aliphatic heterocycles. The van der Waals surface area contributed by atoms with Gasteiger partial charge in [0, 0.05) is 0 Å². The van der Waals surface area contributed by atoms with Gasteiger partial charge in [-0.25, -0.2) is 0 Å². The number of hydrogen-bond donors (Lipinski definition) is 1. The Morgan fingerprint density at radius 1 is 1.38 bits per heavy atom. The second-order valence-electron chi connectivity index (χ2n) is 5.04. The van der Waals surface area contributed by atoms with Crippen molar-refractivity contribution in [2.45, 2.75) is 46.6 Å². The molecule has 1 aliphatic rings. The molecule has 1 unspecified atom stereocenters. The molecule has 13 heavy (non-hydrogen) atoms. The molecule has 3 atom stereocenters. The molecule has 0 fully saturated rings. The average Bonchev–Trinajstić information content (AvgIpc) is 2.09. The van der Waals surface area contributed by atoms with Gasteiger partial charge in [-0.1, -0.05) is 46.3 Å². The van der Waals surface area contributed by atoms with Gasteiger partial charge in [0.15, 0.2) is 0 Å². The number of allylic oxidation sites excluding steroid dienone is 1. The van der Waals surface area contributed by atoms with E-state index in [-0.39, 0.29) is 6.10 Å². The maximum atomic E-state index is 9.55. The smallest absolute Gasteiger partial charge is 0.0746 e. The van der Waals surface area contributed by atoms with E-state index in [1.165, 1.54) is 6.42 Å². The summed E-state index contributed by atoms with van der Waals surface area (Å²) in [5, 5.41) is 9.55. The third-order valence-corrected chi connectivity index (χ3v) is 3.66. The highest BCUT2D eigenvalue weighted by Crippen LogP contribution is 2.38. The minimum atomic E-state index is -0.219. The minimum absolute atomic E-state index is 0.219. The second-order valence-corrected chi connectivity index (χ2v) is 5.04. The monoisotopic (exact) mass is 182 g/mol. The summed E-state index contributed by atoms with van der Waals surface area (Å²) in [5.74, 6) is 1.05. The summed E-state index contributed by atoms with van der Waals surface area (Å²) in [6.07, 6.45) is 6.28. The number of aliphatic hydroxyl groups is 1. The van der Waals surface area contributed by atoms with E-state index < -0.39 is 0 Å². The molecule has 1 N–H and O–H groups in total. The van der Waals surface area contributed by atoms with Crippen molar-refractivity contribution in [2.75, 3.05) is 0 Å². The Kier molecular flexibility index (Phi) is 3.18. The van der Waals surface area contributed by atoms with Gasteiger partial charge in [0.05, 0.1) is 6.10 Å². The van der Waals surface area contributed by atoms with Gasteiger partial charge in [-0.15, -0.1) is 0 Å². The van der Waals surface area contributed by atoms with Gasteiger partial charge >= 0.3 is 0 Å². The van der Waals surface area contributed by atoms with Gasteiger partial charge in [-0.05, 0) is 23.7 Å². The van der Waals surface area contributed by atoms with Crippen LogP contribution in [-0.2, 0) is 0 Å². The van der Waals surface area contributed by atoms with Crippen molar-refractivity contribution >= 4 is 0 Å². The molecule has 0 saturated heterocycles. The molecule has 0 amide bonds. The highest BCUT2D eigenvalue weighted by Gasteiger charge is 2.31. The summed E-state index contributed by atoms with van der Waals surface area (Å²) in [4.78, 5) is 0. The van der Waals surface area contributed by atoms with E-state index in [4.69, 9.17) is 0 Å². The highest BCUT2D eigenvalue weighted by atomic mass is 16.3. The summed E-state index contributed by atoms with van der Waals surface area (Å²) in [7, 11) is 0. The SMILES string of the molecule is CCC(C)(C)[C@H]1C=C[C@@H](O)C(C)C1. The molecule has 0 spiro atoms. The van der Waals surface area contributed by atoms with Crippen molar-refractivity contribution in [3.05, 3.63) is 12.2 Å². The van der Waals surface area contributed by atoms with Crippen molar-refractivity contribution < 1.29 is 5.11 Å². The van der Waals surface area contributed by atoms with Crippen molar-refractivity contribution in [2.24, 2.45) is 17.3 Å². The first-order valence-electron chi connectivity index (χ1n) is 5.33. The molecule has 0 saturated carbocycles. The van der Waals surface area contributed by atoms with E-state index in [2.05, 4.69) is 33.8 Å². The molecule has 0 aromatic rings. The molecule has 76 valence electrons. The topological polar surface area (TPSA) is 20.2 Å². The van der Waals surface area contributed by atoms with Crippen molar-refractivity contribution in [3.63, 3.8) is 0 Å². The van der Waals surface area contributed by atoms with Gasteiger partial charge in [0.25, 0.3) is 0 Å². The Balaban J connectivity index is 2.69. The molecule has 0 radical (unpaired) electrons. The summed E-state index contributed by atoms with van der Waals surface area (Å²) in [6, 6.07) is 0.